The first-order valence-electron chi connectivity index (χ1n) is 6.26. The van der Waals surface area contributed by atoms with E-state index in [1.54, 1.807) is 19.1 Å². The molecule has 7 heteroatoms. The van der Waals surface area contributed by atoms with Crippen molar-refractivity contribution in [2.45, 2.75) is 37.8 Å². The maximum atomic E-state index is 11.1. The standard InChI is InChI=1S/C13H16N2O5/c1-8-3-2-4-10(11(8)15(18)19)20-9-5-6-13(14,7-9)12(16)17/h2-4,9H,5-7,14H2,1H3,(H,16,17). The highest BCUT2D eigenvalue weighted by Gasteiger charge is 2.43. The van der Waals surface area contributed by atoms with Crippen molar-refractivity contribution in [3.63, 3.8) is 0 Å². The van der Waals surface area contributed by atoms with Crippen LogP contribution in [0.3, 0.4) is 0 Å². The molecule has 0 radical (unpaired) electrons. The van der Waals surface area contributed by atoms with Crippen molar-refractivity contribution in [2.24, 2.45) is 5.73 Å². The van der Waals surface area contributed by atoms with Gasteiger partial charge >= 0.3 is 11.7 Å². The summed E-state index contributed by atoms with van der Waals surface area (Å²) in [5.41, 5.74) is 4.87. The Morgan fingerprint density at radius 2 is 2.30 bits per heavy atom. The molecule has 1 saturated carbocycles. The lowest BCUT2D eigenvalue weighted by Crippen LogP contribution is -2.46. The number of aryl methyl sites for hydroxylation is 1. The molecule has 108 valence electrons. The minimum atomic E-state index is -1.30. The number of carbonyl (C=O) groups is 1. The number of nitro groups is 1. The SMILES string of the molecule is Cc1cccc(OC2CCC(N)(C(=O)O)C2)c1[N+](=O)[O-]. The zero-order chi connectivity index (χ0) is 14.9. The number of para-hydroxylation sites is 1. The Morgan fingerprint density at radius 1 is 1.60 bits per heavy atom. The number of benzene rings is 1. The summed E-state index contributed by atoms with van der Waals surface area (Å²) in [6.45, 7) is 1.63. The van der Waals surface area contributed by atoms with Crippen LogP contribution in [0.25, 0.3) is 0 Å². The van der Waals surface area contributed by atoms with Gasteiger partial charge in [0.2, 0.25) is 0 Å². The molecule has 2 rings (SSSR count). The molecule has 0 saturated heterocycles. The van der Waals surface area contributed by atoms with E-state index in [1.165, 1.54) is 6.07 Å². The smallest absolute Gasteiger partial charge is 0.323 e. The fourth-order valence-electron chi connectivity index (χ4n) is 2.46. The molecule has 1 aromatic carbocycles. The number of carboxylic acid groups (broad SMARTS) is 1. The quantitative estimate of drug-likeness (QED) is 0.639. The van der Waals surface area contributed by atoms with E-state index < -0.39 is 22.5 Å². The van der Waals surface area contributed by atoms with Gasteiger partial charge in [-0.3, -0.25) is 14.9 Å². The third kappa shape index (κ3) is 2.57. The van der Waals surface area contributed by atoms with E-state index in [2.05, 4.69) is 0 Å². The van der Waals surface area contributed by atoms with Gasteiger partial charge in [-0.2, -0.15) is 0 Å². The van der Waals surface area contributed by atoms with Crippen LogP contribution in [0.5, 0.6) is 5.75 Å². The molecule has 1 aliphatic carbocycles. The van der Waals surface area contributed by atoms with Gasteiger partial charge in [0.15, 0.2) is 5.75 Å². The molecule has 1 fully saturated rings. The largest absolute Gasteiger partial charge is 0.483 e. The number of nitro benzene ring substituents is 1. The summed E-state index contributed by atoms with van der Waals surface area (Å²) in [5.74, 6) is -0.906. The Labute approximate surface area is 115 Å². The number of rotatable bonds is 4. The molecular weight excluding hydrogens is 264 g/mol. The number of aliphatic carboxylic acids is 1. The van der Waals surface area contributed by atoms with Gasteiger partial charge in [0.1, 0.15) is 11.6 Å². The van der Waals surface area contributed by atoms with Crippen LogP contribution in [0.2, 0.25) is 0 Å². The van der Waals surface area contributed by atoms with Crippen LogP contribution >= 0.6 is 0 Å². The Morgan fingerprint density at radius 3 is 2.85 bits per heavy atom. The van der Waals surface area contributed by atoms with Gasteiger partial charge in [-0.05, 0) is 25.8 Å². The normalized spacial score (nSPS) is 25.4. The van der Waals surface area contributed by atoms with Crippen molar-refractivity contribution in [3.05, 3.63) is 33.9 Å². The van der Waals surface area contributed by atoms with E-state index in [9.17, 15) is 14.9 Å². The number of ether oxygens (including phenoxy) is 1. The molecule has 0 aliphatic heterocycles. The zero-order valence-corrected chi connectivity index (χ0v) is 11.0. The molecule has 1 aliphatic rings. The van der Waals surface area contributed by atoms with Crippen molar-refractivity contribution >= 4 is 11.7 Å². The molecule has 2 unspecified atom stereocenters. The van der Waals surface area contributed by atoms with Gasteiger partial charge < -0.3 is 15.6 Å². The van der Waals surface area contributed by atoms with E-state index in [4.69, 9.17) is 15.6 Å². The highest BCUT2D eigenvalue weighted by atomic mass is 16.6. The molecule has 20 heavy (non-hydrogen) atoms. The highest BCUT2D eigenvalue weighted by molar-refractivity contribution is 5.79. The van der Waals surface area contributed by atoms with Crippen molar-refractivity contribution in [3.8, 4) is 5.75 Å². The first-order chi connectivity index (χ1) is 9.33. The minimum Gasteiger partial charge on any atom is -0.483 e. The summed E-state index contributed by atoms with van der Waals surface area (Å²) in [6, 6.07) is 4.81. The molecular formula is C13H16N2O5. The first kappa shape index (κ1) is 14.3. The predicted octanol–water partition coefficient (Wildman–Crippen LogP) is 1.62. The number of hydrogen-bond acceptors (Lipinski definition) is 5. The molecule has 0 aromatic heterocycles. The zero-order valence-electron chi connectivity index (χ0n) is 11.0. The topological polar surface area (TPSA) is 116 Å². The summed E-state index contributed by atoms with van der Waals surface area (Å²) >= 11 is 0. The second kappa shape index (κ2) is 5.09. The van der Waals surface area contributed by atoms with Crippen molar-refractivity contribution < 1.29 is 19.6 Å². The van der Waals surface area contributed by atoms with Crippen LogP contribution < -0.4 is 10.5 Å². The third-order valence-corrected chi connectivity index (χ3v) is 3.61. The maximum Gasteiger partial charge on any atom is 0.323 e. The number of nitrogens with two attached hydrogens (primary N) is 1. The second-order valence-corrected chi connectivity index (χ2v) is 5.12. The molecule has 0 heterocycles. The lowest BCUT2D eigenvalue weighted by molar-refractivity contribution is -0.386. The Balaban J connectivity index is 2.19. The van der Waals surface area contributed by atoms with Crippen LogP contribution in [0, 0.1) is 17.0 Å². The molecule has 1 aromatic rings. The van der Waals surface area contributed by atoms with Crippen LogP contribution in [0.1, 0.15) is 24.8 Å². The molecule has 0 bridgehead atoms. The van der Waals surface area contributed by atoms with Crippen molar-refractivity contribution in [2.75, 3.05) is 0 Å². The predicted molar refractivity (Wildman–Crippen MR) is 70.7 cm³/mol. The van der Waals surface area contributed by atoms with Gasteiger partial charge in [0, 0.05) is 12.0 Å². The van der Waals surface area contributed by atoms with E-state index in [-0.39, 0.29) is 17.9 Å². The summed E-state index contributed by atoms with van der Waals surface area (Å²) in [4.78, 5) is 21.6. The summed E-state index contributed by atoms with van der Waals surface area (Å²) in [5, 5.41) is 20.1. The van der Waals surface area contributed by atoms with Crippen LogP contribution in [0.4, 0.5) is 5.69 Å². The van der Waals surface area contributed by atoms with E-state index in [1.807, 2.05) is 0 Å². The molecule has 0 spiro atoms. The first-order valence-corrected chi connectivity index (χ1v) is 6.26. The van der Waals surface area contributed by atoms with E-state index in [0.717, 1.165) is 0 Å². The number of hydrogen-bond donors (Lipinski definition) is 2. The number of carboxylic acids is 1. The second-order valence-electron chi connectivity index (χ2n) is 5.12. The third-order valence-electron chi connectivity index (χ3n) is 3.61. The summed E-state index contributed by atoms with van der Waals surface area (Å²) < 4.78 is 5.61. The Hall–Kier alpha value is -2.15. The lowest BCUT2D eigenvalue weighted by Gasteiger charge is -2.18. The number of nitrogens with zero attached hydrogens (tertiary/aromatic N) is 1. The van der Waals surface area contributed by atoms with E-state index in [0.29, 0.717) is 18.4 Å². The van der Waals surface area contributed by atoms with Gasteiger partial charge in [0.25, 0.3) is 0 Å². The average molecular weight is 280 g/mol. The van der Waals surface area contributed by atoms with Crippen LogP contribution in [-0.4, -0.2) is 27.6 Å². The Bertz CT molecular complexity index is 560. The fourth-order valence-corrected chi connectivity index (χ4v) is 2.46. The molecule has 3 N–H and O–H groups in total. The van der Waals surface area contributed by atoms with Crippen molar-refractivity contribution in [1.82, 2.24) is 0 Å². The minimum absolute atomic E-state index is 0.0858. The van der Waals surface area contributed by atoms with Crippen LogP contribution in [-0.2, 0) is 4.79 Å². The van der Waals surface area contributed by atoms with Crippen LogP contribution in [0.15, 0.2) is 18.2 Å². The Kier molecular flexibility index (Phi) is 3.63. The van der Waals surface area contributed by atoms with Gasteiger partial charge in [0.05, 0.1) is 4.92 Å². The maximum absolute atomic E-state index is 11.1. The monoisotopic (exact) mass is 280 g/mol. The molecule has 2 atom stereocenters. The fraction of sp³-hybridized carbons (Fsp3) is 0.462. The van der Waals surface area contributed by atoms with Gasteiger partial charge in [-0.25, -0.2) is 0 Å². The van der Waals surface area contributed by atoms with Gasteiger partial charge in [-0.1, -0.05) is 12.1 Å². The summed E-state index contributed by atoms with van der Waals surface area (Å²) in [7, 11) is 0. The van der Waals surface area contributed by atoms with Crippen molar-refractivity contribution in [1.29, 1.82) is 0 Å². The average Bonchev–Trinajstić information content (AvgIpc) is 2.72. The molecule has 7 nitrogen and oxygen atoms in total. The highest BCUT2D eigenvalue weighted by Crippen LogP contribution is 2.36. The summed E-state index contributed by atoms with van der Waals surface area (Å²) in [6.07, 6.45) is 0.491. The van der Waals surface area contributed by atoms with Gasteiger partial charge in [-0.15, -0.1) is 0 Å². The van der Waals surface area contributed by atoms with E-state index >= 15 is 0 Å². The molecule has 0 amide bonds. The lowest BCUT2D eigenvalue weighted by atomic mass is 10.00.